The molecule has 106 valence electrons. The van der Waals surface area contributed by atoms with Crippen LogP contribution in [0, 0.1) is 11.3 Å². The first-order chi connectivity index (χ1) is 10.3. The first-order valence-corrected chi connectivity index (χ1v) is 6.72. The molecule has 5 heteroatoms. The van der Waals surface area contributed by atoms with E-state index in [1.807, 2.05) is 48.3 Å². The van der Waals surface area contributed by atoms with Gasteiger partial charge in [0.05, 0.1) is 18.4 Å². The molecular formula is C16H15N3O2. The van der Waals surface area contributed by atoms with Gasteiger partial charge in [0, 0.05) is 7.05 Å². The molecule has 1 atom stereocenters. The van der Waals surface area contributed by atoms with Gasteiger partial charge in [-0.3, -0.25) is 0 Å². The standard InChI is InChI=1S/C16H15N3O2/c1-19(13-7-6-12(8-17)18-9-13)10-14-11-20-15-4-2-3-5-16(15)21-14/h2-7,9,14H,10-11H2,1H3/t14-/m0/s1. The molecule has 0 saturated carbocycles. The van der Waals surface area contributed by atoms with Crippen molar-refractivity contribution in [2.24, 2.45) is 0 Å². The van der Waals surface area contributed by atoms with Gasteiger partial charge in [0.1, 0.15) is 18.4 Å². The zero-order chi connectivity index (χ0) is 14.7. The molecule has 5 nitrogen and oxygen atoms in total. The topological polar surface area (TPSA) is 58.4 Å². The van der Waals surface area contributed by atoms with Crippen LogP contribution >= 0.6 is 0 Å². The summed E-state index contributed by atoms with van der Waals surface area (Å²) >= 11 is 0. The molecule has 0 bridgehead atoms. The van der Waals surface area contributed by atoms with Gasteiger partial charge in [-0.25, -0.2) is 4.98 Å². The number of ether oxygens (including phenoxy) is 2. The van der Waals surface area contributed by atoms with Crippen molar-refractivity contribution < 1.29 is 9.47 Å². The van der Waals surface area contributed by atoms with Crippen LogP contribution in [-0.4, -0.2) is 31.3 Å². The average Bonchev–Trinajstić information content (AvgIpc) is 2.55. The summed E-state index contributed by atoms with van der Waals surface area (Å²) in [6, 6.07) is 13.3. The number of hydrogen-bond donors (Lipinski definition) is 0. The van der Waals surface area contributed by atoms with Crippen LogP contribution in [-0.2, 0) is 0 Å². The van der Waals surface area contributed by atoms with E-state index in [-0.39, 0.29) is 6.10 Å². The molecule has 0 saturated heterocycles. The number of fused-ring (bicyclic) bond motifs is 1. The molecule has 21 heavy (non-hydrogen) atoms. The van der Waals surface area contributed by atoms with Gasteiger partial charge in [-0.2, -0.15) is 5.26 Å². The quantitative estimate of drug-likeness (QED) is 0.863. The number of nitrogens with zero attached hydrogens (tertiary/aromatic N) is 3. The Balaban J connectivity index is 1.65. The Bertz CT molecular complexity index is 664. The molecule has 1 aliphatic rings. The second-order valence-corrected chi connectivity index (χ2v) is 4.89. The Hall–Kier alpha value is -2.74. The normalized spacial score (nSPS) is 16.1. The van der Waals surface area contributed by atoms with Crippen molar-refractivity contribution in [3.63, 3.8) is 0 Å². The maximum absolute atomic E-state index is 8.76. The summed E-state index contributed by atoms with van der Waals surface area (Å²) in [6.07, 6.45) is 1.65. The van der Waals surface area contributed by atoms with Crippen LogP contribution in [0.5, 0.6) is 11.5 Å². The van der Waals surface area contributed by atoms with E-state index < -0.39 is 0 Å². The minimum Gasteiger partial charge on any atom is -0.486 e. The van der Waals surface area contributed by atoms with E-state index >= 15 is 0 Å². The number of anilines is 1. The summed E-state index contributed by atoms with van der Waals surface area (Å²) in [5, 5.41) is 8.76. The Kier molecular flexibility index (Phi) is 3.61. The predicted octanol–water partition coefficient (Wildman–Crippen LogP) is 2.23. The highest BCUT2D eigenvalue weighted by Crippen LogP contribution is 2.31. The molecule has 0 aliphatic carbocycles. The highest BCUT2D eigenvalue weighted by Gasteiger charge is 2.22. The van der Waals surface area contributed by atoms with Gasteiger partial charge in [0.2, 0.25) is 0 Å². The fraction of sp³-hybridized carbons (Fsp3) is 0.250. The molecular weight excluding hydrogens is 266 g/mol. The van der Waals surface area contributed by atoms with Gasteiger partial charge in [0.15, 0.2) is 17.6 Å². The molecule has 1 aromatic heterocycles. The van der Waals surface area contributed by atoms with E-state index in [4.69, 9.17) is 14.7 Å². The number of para-hydroxylation sites is 2. The van der Waals surface area contributed by atoms with Gasteiger partial charge in [-0.1, -0.05) is 12.1 Å². The van der Waals surface area contributed by atoms with E-state index in [9.17, 15) is 0 Å². The molecule has 0 unspecified atom stereocenters. The van der Waals surface area contributed by atoms with Crippen molar-refractivity contribution in [1.82, 2.24) is 4.98 Å². The van der Waals surface area contributed by atoms with E-state index in [2.05, 4.69) is 4.98 Å². The molecule has 2 aromatic rings. The number of rotatable bonds is 3. The monoisotopic (exact) mass is 281 g/mol. The number of benzene rings is 1. The number of hydrogen-bond acceptors (Lipinski definition) is 5. The Morgan fingerprint density at radius 2 is 2.10 bits per heavy atom. The van der Waals surface area contributed by atoms with Crippen molar-refractivity contribution >= 4 is 5.69 Å². The van der Waals surface area contributed by atoms with Crippen LogP contribution < -0.4 is 14.4 Å². The van der Waals surface area contributed by atoms with Gasteiger partial charge >= 0.3 is 0 Å². The third-order valence-corrected chi connectivity index (χ3v) is 3.35. The van der Waals surface area contributed by atoms with Gasteiger partial charge in [-0.15, -0.1) is 0 Å². The second-order valence-electron chi connectivity index (χ2n) is 4.89. The van der Waals surface area contributed by atoms with Crippen molar-refractivity contribution in [2.45, 2.75) is 6.10 Å². The highest BCUT2D eigenvalue weighted by atomic mass is 16.6. The Morgan fingerprint density at radius 1 is 1.29 bits per heavy atom. The molecule has 1 aliphatic heterocycles. The lowest BCUT2D eigenvalue weighted by molar-refractivity contribution is 0.0960. The van der Waals surface area contributed by atoms with Crippen LogP contribution in [0.4, 0.5) is 5.69 Å². The van der Waals surface area contributed by atoms with E-state index in [1.54, 1.807) is 12.3 Å². The average molecular weight is 281 g/mol. The van der Waals surface area contributed by atoms with Crippen molar-refractivity contribution in [3.05, 3.63) is 48.3 Å². The van der Waals surface area contributed by atoms with E-state index in [0.29, 0.717) is 18.8 Å². The molecule has 0 spiro atoms. The fourth-order valence-corrected chi connectivity index (χ4v) is 2.24. The first-order valence-electron chi connectivity index (χ1n) is 6.72. The summed E-state index contributed by atoms with van der Waals surface area (Å²) in [6.45, 7) is 1.20. The lowest BCUT2D eigenvalue weighted by atomic mass is 10.2. The predicted molar refractivity (Wildman–Crippen MR) is 78.6 cm³/mol. The minimum atomic E-state index is -0.0412. The number of pyridine rings is 1. The Morgan fingerprint density at radius 3 is 2.81 bits per heavy atom. The van der Waals surface area contributed by atoms with Crippen LogP contribution in [0.25, 0.3) is 0 Å². The number of nitriles is 1. The van der Waals surface area contributed by atoms with Gasteiger partial charge in [-0.05, 0) is 24.3 Å². The maximum atomic E-state index is 8.76. The summed E-state index contributed by atoms with van der Waals surface area (Å²) in [7, 11) is 1.97. The molecule has 0 radical (unpaired) electrons. The highest BCUT2D eigenvalue weighted by molar-refractivity contribution is 5.46. The third-order valence-electron chi connectivity index (χ3n) is 3.35. The molecule has 3 rings (SSSR count). The third kappa shape index (κ3) is 2.90. The number of likely N-dealkylation sites (N-methyl/N-ethyl adjacent to an activating group) is 1. The number of aromatic nitrogens is 1. The van der Waals surface area contributed by atoms with Crippen molar-refractivity contribution in [3.8, 4) is 17.6 Å². The fourth-order valence-electron chi connectivity index (χ4n) is 2.24. The maximum Gasteiger partial charge on any atom is 0.161 e. The zero-order valence-corrected chi connectivity index (χ0v) is 11.7. The molecule has 0 amide bonds. The lowest BCUT2D eigenvalue weighted by Crippen LogP contribution is -2.39. The largest absolute Gasteiger partial charge is 0.486 e. The summed E-state index contributed by atoms with van der Waals surface area (Å²) in [4.78, 5) is 6.11. The first kappa shape index (κ1) is 13.3. The molecule has 2 heterocycles. The van der Waals surface area contributed by atoms with Crippen molar-refractivity contribution in [2.75, 3.05) is 25.1 Å². The summed E-state index contributed by atoms with van der Waals surface area (Å²) in [5.74, 6) is 1.57. The lowest BCUT2D eigenvalue weighted by Gasteiger charge is -2.30. The Labute approximate surface area is 123 Å². The summed E-state index contributed by atoms with van der Waals surface area (Å²) in [5.41, 5.74) is 1.36. The smallest absolute Gasteiger partial charge is 0.161 e. The minimum absolute atomic E-state index is 0.0412. The van der Waals surface area contributed by atoms with Crippen LogP contribution in [0.1, 0.15) is 5.69 Å². The van der Waals surface area contributed by atoms with Crippen LogP contribution in [0.15, 0.2) is 42.6 Å². The van der Waals surface area contributed by atoms with Crippen LogP contribution in [0.3, 0.4) is 0 Å². The van der Waals surface area contributed by atoms with Crippen LogP contribution in [0.2, 0.25) is 0 Å². The van der Waals surface area contributed by atoms with Gasteiger partial charge < -0.3 is 14.4 Å². The molecule has 1 aromatic carbocycles. The van der Waals surface area contributed by atoms with E-state index in [0.717, 1.165) is 17.2 Å². The van der Waals surface area contributed by atoms with E-state index in [1.165, 1.54) is 0 Å². The van der Waals surface area contributed by atoms with Crippen molar-refractivity contribution in [1.29, 1.82) is 5.26 Å². The zero-order valence-electron chi connectivity index (χ0n) is 11.7. The van der Waals surface area contributed by atoms with Gasteiger partial charge in [0.25, 0.3) is 0 Å². The molecule has 0 fully saturated rings. The molecule has 0 N–H and O–H groups in total. The SMILES string of the molecule is CN(C[C@H]1COc2ccccc2O1)c1ccc(C#N)nc1. The summed E-state index contributed by atoms with van der Waals surface area (Å²) < 4.78 is 11.6. The second kappa shape index (κ2) is 5.71.